The normalized spacial score (nSPS) is 21.1. The molecule has 18 heavy (non-hydrogen) atoms. The second-order valence-electron chi connectivity index (χ2n) is 5.93. The molecule has 0 atom stereocenters. The third-order valence-corrected chi connectivity index (χ3v) is 3.99. The van der Waals surface area contributed by atoms with Crippen molar-refractivity contribution in [1.82, 2.24) is 0 Å². The first kappa shape index (κ1) is 13.4. The van der Waals surface area contributed by atoms with Crippen LogP contribution in [0.15, 0.2) is 18.2 Å². The van der Waals surface area contributed by atoms with Crippen LogP contribution in [0.1, 0.15) is 33.3 Å². The summed E-state index contributed by atoms with van der Waals surface area (Å²) in [5, 5.41) is 3.21. The topological polar surface area (TPSA) is 30.5 Å². The molecule has 0 saturated carbocycles. The maximum absolute atomic E-state index is 6.07. The zero-order chi connectivity index (χ0) is 13.6. The molecule has 4 heteroatoms. The van der Waals surface area contributed by atoms with Crippen LogP contribution < -0.4 is 10.8 Å². The molecular weight excluding hydrogens is 225 g/mol. The molecule has 0 aliphatic carbocycles. The van der Waals surface area contributed by atoms with Gasteiger partial charge in [-0.2, -0.15) is 0 Å². The van der Waals surface area contributed by atoms with Crippen LogP contribution in [-0.4, -0.2) is 25.4 Å². The number of hydrogen-bond donors (Lipinski definition) is 1. The van der Waals surface area contributed by atoms with E-state index in [1.165, 1.54) is 5.56 Å². The van der Waals surface area contributed by atoms with Crippen molar-refractivity contribution in [2.24, 2.45) is 0 Å². The molecule has 98 valence electrons. The second kappa shape index (κ2) is 4.28. The van der Waals surface area contributed by atoms with Gasteiger partial charge in [-0.1, -0.05) is 12.1 Å². The Morgan fingerprint density at radius 1 is 1.06 bits per heavy atom. The molecule has 0 unspecified atom stereocenters. The first-order chi connectivity index (χ1) is 8.27. The Morgan fingerprint density at radius 3 is 2.11 bits per heavy atom. The minimum Gasteiger partial charge on any atom is -0.399 e. The van der Waals surface area contributed by atoms with Crippen LogP contribution in [0, 0.1) is 6.92 Å². The smallest absolute Gasteiger partial charge is 0.399 e. The number of aryl methyl sites for hydroxylation is 1. The van der Waals surface area contributed by atoms with E-state index in [0.29, 0.717) is 0 Å². The molecule has 0 aromatic heterocycles. The van der Waals surface area contributed by atoms with E-state index in [4.69, 9.17) is 9.31 Å². The van der Waals surface area contributed by atoms with E-state index in [9.17, 15) is 0 Å². The molecule has 1 N–H and O–H groups in total. The van der Waals surface area contributed by atoms with Crippen molar-refractivity contribution in [1.29, 1.82) is 0 Å². The lowest BCUT2D eigenvalue weighted by Crippen LogP contribution is -2.41. The van der Waals surface area contributed by atoms with E-state index in [0.717, 1.165) is 11.2 Å². The molecule has 0 amide bonds. The summed E-state index contributed by atoms with van der Waals surface area (Å²) in [7, 11) is 1.61. The van der Waals surface area contributed by atoms with Crippen molar-refractivity contribution < 1.29 is 9.31 Å². The summed E-state index contributed by atoms with van der Waals surface area (Å²) in [6.07, 6.45) is 0. The summed E-state index contributed by atoms with van der Waals surface area (Å²) in [6.45, 7) is 10.4. The van der Waals surface area contributed by atoms with Crippen molar-refractivity contribution >= 4 is 18.3 Å². The molecule has 1 aliphatic rings. The Labute approximate surface area is 110 Å². The Bertz CT molecular complexity index is 441. The average Bonchev–Trinajstić information content (AvgIpc) is 2.47. The van der Waals surface area contributed by atoms with Gasteiger partial charge in [0.05, 0.1) is 11.2 Å². The third kappa shape index (κ3) is 2.15. The third-order valence-electron chi connectivity index (χ3n) is 3.99. The zero-order valence-corrected chi connectivity index (χ0v) is 12.1. The fourth-order valence-corrected chi connectivity index (χ4v) is 2.06. The highest BCUT2D eigenvalue weighted by molar-refractivity contribution is 6.64. The SMILES string of the molecule is CNc1cc(C)ccc1B1OC(C)(C)C(C)(C)O1. The van der Waals surface area contributed by atoms with Crippen LogP contribution >= 0.6 is 0 Å². The number of anilines is 1. The van der Waals surface area contributed by atoms with Crippen molar-refractivity contribution in [3.8, 4) is 0 Å². The lowest BCUT2D eigenvalue weighted by Gasteiger charge is -2.32. The molecule has 1 heterocycles. The van der Waals surface area contributed by atoms with E-state index in [-0.39, 0.29) is 18.3 Å². The summed E-state index contributed by atoms with van der Waals surface area (Å²) in [4.78, 5) is 0. The van der Waals surface area contributed by atoms with Crippen molar-refractivity contribution in [3.05, 3.63) is 23.8 Å². The maximum atomic E-state index is 6.07. The predicted molar refractivity (Wildman–Crippen MR) is 76.4 cm³/mol. The van der Waals surface area contributed by atoms with Gasteiger partial charge in [-0.05, 0) is 46.2 Å². The van der Waals surface area contributed by atoms with Gasteiger partial charge in [0, 0.05) is 18.2 Å². The van der Waals surface area contributed by atoms with Crippen LogP contribution in [-0.2, 0) is 9.31 Å². The first-order valence-corrected chi connectivity index (χ1v) is 6.41. The number of nitrogens with one attached hydrogen (secondary N) is 1. The molecule has 1 aromatic carbocycles. The van der Waals surface area contributed by atoms with Gasteiger partial charge in [-0.15, -0.1) is 0 Å². The summed E-state index contributed by atoms with van der Waals surface area (Å²) >= 11 is 0. The minimum atomic E-state index is -0.307. The van der Waals surface area contributed by atoms with E-state index in [1.54, 1.807) is 0 Å². The van der Waals surface area contributed by atoms with Crippen LogP contribution in [0.2, 0.25) is 0 Å². The van der Waals surface area contributed by atoms with Gasteiger partial charge in [0.15, 0.2) is 0 Å². The highest BCUT2D eigenvalue weighted by atomic mass is 16.7. The first-order valence-electron chi connectivity index (χ1n) is 6.41. The van der Waals surface area contributed by atoms with Gasteiger partial charge >= 0.3 is 7.12 Å². The fourth-order valence-electron chi connectivity index (χ4n) is 2.06. The molecular formula is C14H22BNO2. The van der Waals surface area contributed by atoms with Gasteiger partial charge in [0.2, 0.25) is 0 Å². The number of hydrogen-bond acceptors (Lipinski definition) is 3. The molecule has 0 radical (unpaired) electrons. The molecule has 1 saturated heterocycles. The van der Waals surface area contributed by atoms with Crippen molar-refractivity contribution in [3.63, 3.8) is 0 Å². The van der Waals surface area contributed by atoms with Gasteiger partial charge in [0.25, 0.3) is 0 Å². The van der Waals surface area contributed by atoms with Crippen LogP contribution in [0.5, 0.6) is 0 Å². The monoisotopic (exact) mass is 247 g/mol. The molecule has 1 aromatic rings. The lowest BCUT2D eigenvalue weighted by molar-refractivity contribution is 0.00578. The minimum absolute atomic E-state index is 0.298. The molecule has 1 aliphatic heterocycles. The summed E-state index contributed by atoms with van der Waals surface area (Å²) in [5.41, 5.74) is 2.75. The zero-order valence-electron chi connectivity index (χ0n) is 12.1. The number of rotatable bonds is 2. The van der Waals surface area contributed by atoms with Crippen LogP contribution in [0.3, 0.4) is 0 Å². The van der Waals surface area contributed by atoms with Gasteiger partial charge in [-0.3, -0.25) is 0 Å². The van der Waals surface area contributed by atoms with Gasteiger partial charge < -0.3 is 14.6 Å². The standard InChI is InChI=1S/C14H22BNO2/c1-10-7-8-11(12(9-10)16-6)15-17-13(2,3)14(4,5)18-15/h7-9,16H,1-6H3. The molecule has 0 spiro atoms. The Kier molecular flexibility index (Phi) is 3.20. The second-order valence-corrected chi connectivity index (χ2v) is 5.93. The molecule has 3 nitrogen and oxygen atoms in total. The van der Waals surface area contributed by atoms with Gasteiger partial charge in [-0.25, -0.2) is 0 Å². The Morgan fingerprint density at radius 2 is 1.61 bits per heavy atom. The average molecular weight is 247 g/mol. The Balaban J connectivity index is 2.35. The van der Waals surface area contributed by atoms with Crippen molar-refractivity contribution in [2.45, 2.75) is 45.8 Å². The molecule has 2 rings (SSSR count). The lowest BCUT2D eigenvalue weighted by atomic mass is 9.77. The van der Waals surface area contributed by atoms with E-state index in [1.807, 2.05) is 7.05 Å². The molecule has 1 fully saturated rings. The van der Waals surface area contributed by atoms with E-state index >= 15 is 0 Å². The van der Waals surface area contributed by atoms with E-state index < -0.39 is 0 Å². The largest absolute Gasteiger partial charge is 0.496 e. The number of benzene rings is 1. The summed E-state index contributed by atoms with van der Waals surface area (Å²) in [5.74, 6) is 0. The van der Waals surface area contributed by atoms with E-state index in [2.05, 4.69) is 58.1 Å². The van der Waals surface area contributed by atoms with Gasteiger partial charge in [0.1, 0.15) is 0 Å². The fraction of sp³-hybridized carbons (Fsp3) is 0.571. The maximum Gasteiger partial charge on any atom is 0.496 e. The van der Waals surface area contributed by atoms with Crippen LogP contribution in [0.4, 0.5) is 5.69 Å². The van der Waals surface area contributed by atoms with Crippen molar-refractivity contribution in [2.75, 3.05) is 12.4 Å². The predicted octanol–water partition coefficient (Wildman–Crippen LogP) is 2.34. The van der Waals surface area contributed by atoms with Crippen LogP contribution in [0.25, 0.3) is 0 Å². The quantitative estimate of drug-likeness (QED) is 0.813. The summed E-state index contributed by atoms with van der Waals surface area (Å²) in [6, 6.07) is 6.27. The molecule has 0 bridgehead atoms. The Hall–Kier alpha value is -0.995. The highest BCUT2D eigenvalue weighted by Crippen LogP contribution is 2.37. The summed E-state index contributed by atoms with van der Waals surface area (Å²) < 4.78 is 12.1. The highest BCUT2D eigenvalue weighted by Gasteiger charge is 2.52.